The fourth-order valence-electron chi connectivity index (χ4n) is 1.04. The molecule has 0 aliphatic carbocycles. The van der Waals surface area contributed by atoms with Gasteiger partial charge in [0.15, 0.2) is 0 Å². The van der Waals surface area contributed by atoms with Gasteiger partial charge in [0.2, 0.25) is 0 Å². The number of nitrogens with two attached hydrogens (primary N) is 1. The van der Waals surface area contributed by atoms with Gasteiger partial charge in [-0.25, -0.2) is 9.97 Å². The highest BCUT2D eigenvalue weighted by Crippen LogP contribution is 2.31. The van der Waals surface area contributed by atoms with Crippen LogP contribution in [0.3, 0.4) is 0 Å². The van der Waals surface area contributed by atoms with Crippen molar-refractivity contribution in [3.63, 3.8) is 0 Å². The molecule has 0 unspecified atom stereocenters. The van der Waals surface area contributed by atoms with Crippen molar-refractivity contribution in [3.8, 4) is 0 Å². The lowest BCUT2D eigenvalue weighted by molar-refractivity contribution is 1.08. The molecule has 2 heterocycles. The number of pyridine rings is 2. The molecule has 0 saturated heterocycles. The highest BCUT2D eigenvalue weighted by Gasteiger charge is 2.05. The summed E-state index contributed by atoms with van der Waals surface area (Å²) in [5, 5.41) is 2.28. The van der Waals surface area contributed by atoms with Crippen molar-refractivity contribution in [2.45, 2.75) is 10.1 Å². The van der Waals surface area contributed by atoms with Gasteiger partial charge in [-0.3, -0.25) is 0 Å². The fraction of sp³-hybridized carbons (Fsp3) is 0. The van der Waals surface area contributed by atoms with Gasteiger partial charge in [0, 0.05) is 6.20 Å². The maximum Gasteiger partial charge on any atom is 0.117 e. The van der Waals surface area contributed by atoms with Crippen LogP contribution >= 0.6 is 39.3 Å². The van der Waals surface area contributed by atoms with Gasteiger partial charge in [-0.2, -0.15) is 0 Å². The zero-order chi connectivity index (χ0) is 11.5. The first-order valence-electron chi connectivity index (χ1n) is 4.35. The number of hydrogen-bond acceptors (Lipinski definition) is 4. The second kappa shape index (κ2) is 5.03. The van der Waals surface area contributed by atoms with Gasteiger partial charge in [0.25, 0.3) is 0 Å². The summed E-state index contributed by atoms with van der Waals surface area (Å²) in [4.78, 5) is 8.39. The molecule has 0 aliphatic rings. The summed E-state index contributed by atoms with van der Waals surface area (Å²) in [6.45, 7) is 0. The molecule has 0 aliphatic heterocycles. The van der Waals surface area contributed by atoms with Crippen molar-refractivity contribution in [3.05, 3.63) is 40.1 Å². The molecule has 0 radical (unpaired) electrons. The minimum atomic E-state index is 0.619. The Labute approximate surface area is 111 Å². The number of nitrogen functional groups attached to an aromatic ring is 1. The molecular weight excluding hydrogens is 310 g/mol. The van der Waals surface area contributed by atoms with E-state index in [1.165, 1.54) is 11.8 Å². The first-order chi connectivity index (χ1) is 7.65. The Kier molecular flexibility index (Phi) is 3.68. The largest absolute Gasteiger partial charge is 0.397 e. The second-order valence-electron chi connectivity index (χ2n) is 2.97. The molecule has 0 atom stereocenters. The predicted molar refractivity (Wildman–Crippen MR) is 69.7 cm³/mol. The standard InChI is InChI=1S/C10H7BrClN3S/c11-8-3-7(13)5-15-10(8)16-9-2-1-6(12)4-14-9/h1-5H,13H2. The van der Waals surface area contributed by atoms with E-state index in [1.54, 1.807) is 18.5 Å². The lowest BCUT2D eigenvalue weighted by atomic mass is 10.4. The minimum absolute atomic E-state index is 0.619. The Morgan fingerprint density at radius 2 is 2.06 bits per heavy atom. The summed E-state index contributed by atoms with van der Waals surface area (Å²) < 4.78 is 0.856. The first-order valence-corrected chi connectivity index (χ1v) is 6.34. The Morgan fingerprint density at radius 3 is 2.69 bits per heavy atom. The molecule has 0 bridgehead atoms. The molecule has 6 heteroatoms. The summed E-state index contributed by atoms with van der Waals surface area (Å²) in [7, 11) is 0. The van der Waals surface area contributed by atoms with Gasteiger partial charge >= 0.3 is 0 Å². The number of halogens is 2. The van der Waals surface area contributed by atoms with Crippen LogP contribution in [0.25, 0.3) is 0 Å². The lowest BCUT2D eigenvalue weighted by Gasteiger charge is -2.03. The Hall–Kier alpha value is -0.780. The van der Waals surface area contributed by atoms with Crippen molar-refractivity contribution in [2.75, 3.05) is 5.73 Å². The van der Waals surface area contributed by atoms with Gasteiger partial charge in [-0.1, -0.05) is 11.6 Å². The van der Waals surface area contributed by atoms with E-state index in [9.17, 15) is 0 Å². The third kappa shape index (κ3) is 2.87. The molecule has 0 spiro atoms. The van der Waals surface area contributed by atoms with Crippen molar-refractivity contribution in [2.24, 2.45) is 0 Å². The molecule has 0 aromatic carbocycles. The Bertz CT molecular complexity index is 504. The smallest absolute Gasteiger partial charge is 0.117 e. The van der Waals surface area contributed by atoms with Crippen molar-refractivity contribution in [1.29, 1.82) is 0 Å². The van der Waals surface area contributed by atoms with Crippen molar-refractivity contribution in [1.82, 2.24) is 9.97 Å². The third-order valence-electron chi connectivity index (χ3n) is 1.73. The van der Waals surface area contributed by atoms with E-state index in [4.69, 9.17) is 17.3 Å². The van der Waals surface area contributed by atoms with E-state index in [1.807, 2.05) is 12.1 Å². The van der Waals surface area contributed by atoms with E-state index in [0.29, 0.717) is 10.7 Å². The van der Waals surface area contributed by atoms with Crippen LogP contribution in [-0.4, -0.2) is 9.97 Å². The minimum Gasteiger partial charge on any atom is -0.397 e. The molecule has 3 nitrogen and oxygen atoms in total. The van der Waals surface area contributed by atoms with E-state index in [0.717, 1.165) is 14.5 Å². The molecule has 2 aromatic rings. The first kappa shape index (κ1) is 11.7. The number of rotatable bonds is 2. The quantitative estimate of drug-likeness (QED) is 0.919. The number of hydrogen-bond donors (Lipinski definition) is 1. The normalized spacial score (nSPS) is 10.4. The van der Waals surface area contributed by atoms with Gasteiger partial charge < -0.3 is 5.73 Å². The molecule has 2 rings (SSSR count). The second-order valence-corrected chi connectivity index (χ2v) is 5.27. The van der Waals surface area contributed by atoms with Gasteiger partial charge in [0.1, 0.15) is 10.1 Å². The average molecular weight is 317 g/mol. The highest BCUT2D eigenvalue weighted by molar-refractivity contribution is 9.10. The van der Waals surface area contributed by atoms with Crippen LogP contribution in [0, 0.1) is 0 Å². The van der Waals surface area contributed by atoms with Gasteiger partial charge in [-0.05, 0) is 45.9 Å². The van der Waals surface area contributed by atoms with Crippen LogP contribution in [0.4, 0.5) is 5.69 Å². The average Bonchev–Trinajstić information content (AvgIpc) is 2.25. The zero-order valence-corrected chi connectivity index (χ0v) is 11.2. The molecule has 16 heavy (non-hydrogen) atoms. The Balaban J connectivity index is 2.23. The number of aromatic nitrogens is 2. The SMILES string of the molecule is Nc1cnc(Sc2ccc(Cl)cn2)c(Br)c1. The topological polar surface area (TPSA) is 51.8 Å². The summed E-state index contributed by atoms with van der Waals surface area (Å²) in [5.74, 6) is 0. The van der Waals surface area contributed by atoms with Crippen LogP contribution in [0.15, 0.2) is 45.1 Å². The van der Waals surface area contributed by atoms with Crippen LogP contribution < -0.4 is 5.73 Å². The summed E-state index contributed by atoms with van der Waals surface area (Å²) in [6, 6.07) is 5.45. The van der Waals surface area contributed by atoms with E-state index in [-0.39, 0.29) is 0 Å². The lowest BCUT2D eigenvalue weighted by Crippen LogP contribution is -1.89. The summed E-state index contributed by atoms with van der Waals surface area (Å²) in [6.07, 6.45) is 3.22. The maximum atomic E-state index is 5.75. The number of nitrogens with zero attached hydrogens (tertiary/aromatic N) is 2. The molecule has 2 aromatic heterocycles. The van der Waals surface area contributed by atoms with E-state index >= 15 is 0 Å². The Morgan fingerprint density at radius 1 is 1.25 bits per heavy atom. The molecule has 0 fully saturated rings. The summed E-state index contributed by atoms with van der Waals surface area (Å²) in [5.41, 5.74) is 6.23. The molecule has 2 N–H and O–H groups in total. The molecule has 0 saturated carbocycles. The monoisotopic (exact) mass is 315 g/mol. The highest BCUT2D eigenvalue weighted by atomic mass is 79.9. The fourth-order valence-corrected chi connectivity index (χ4v) is 2.46. The molecular formula is C10H7BrClN3S. The summed E-state index contributed by atoms with van der Waals surface area (Å²) >= 11 is 10.6. The molecule has 82 valence electrons. The predicted octanol–water partition coefficient (Wildman–Crippen LogP) is 3.63. The number of anilines is 1. The van der Waals surface area contributed by atoms with Crippen LogP contribution in [0.1, 0.15) is 0 Å². The van der Waals surface area contributed by atoms with Crippen LogP contribution in [0.5, 0.6) is 0 Å². The van der Waals surface area contributed by atoms with Crippen LogP contribution in [-0.2, 0) is 0 Å². The van der Waals surface area contributed by atoms with Crippen LogP contribution in [0.2, 0.25) is 5.02 Å². The maximum absolute atomic E-state index is 5.75. The van der Waals surface area contributed by atoms with Crippen molar-refractivity contribution < 1.29 is 0 Å². The zero-order valence-electron chi connectivity index (χ0n) is 8.02. The van der Waals surface area contributed by atoms with E-state index in [2.05, 4.69) is 25.9 Å². The van der Waals surface area contributed by atoms with E-state index < -0.39 is 0 Å². The van der Waals surface area contributed by atoms with Gasteiger partial charge in [0.05, 0.1) is 21.4 Å². The van der Waals surface area contributed by atoms with Crippen molar-refractivity contribution >= 4 is 45.0 Å². The third-order valence-corrected chi connectivity index (χ3v) is 3.79. The van der Waals surface area contributed by atoms with Gasteiger partial charge in [-0.15, -0.1) is 0 Å². The molecule has 0 amide bonds.